The first kappa shape index (κ1) is 10.1. The van der Waals surface area contributed by atoms with E-state index in [1.165, 1.54) is 10.4 Å². The van der Waals surface area contributed by atoms with Gasteiger partial charge < -0.3 is 5.11 Å². The van der Waals surface area contributed by atoms with Crippen LogP contribution in [-0.4, -0.2) is 29.2 Å². The Morgan fingerprint density at radius 2 is 2.50 bits per heavy atom. The number of nitrogens with zero attached hydrogens (tertiary/aromatic N) is 1. The van der Waals surface area contributed by atoms with Crippen LogP contribution in [0.4, 0.5) is 0 Å². The fourth-order valence-electron chi connectivity index (χ4n) is 2.01. The number of hydrogen-bond donors (Lipinski definition) is 1. The van der Waals surface area contributed by atoms with E-state index in [0.717, 1.165) is 32.5 Å². The Bertz CT molecular complexity index is 297. The van der Waals surface area contributed by atoms with E-state index in [4.69, 9.17) is 0 Å². The molecule has 1 fully saturated rings. The number of hydrogen-bond acceptors (Lipinski definition) is 3. The van der Waals surface area contributed by atoms with Gasteiger partial charge in [0.05, 0.1) is 6.10 Å². The number of thiophene rings is 1. The van der Waals surface area contributed by atoms with Gasteiger partial charge in [0, 0.05) is 18.0 Å². The van der Waals surface area contributed by atoms with Gasteiger partial charge in [0.2, 0.25) is 0 Å². The average molecular weight is 211 g/mol. The topological polar surface area (TPSA) is 23.5 Å². The molecule has 78 valence electrons. The van der Waals surface area contributed by atoms with Crippen molar-refractivity contribution in [2.24, 2.45) is 0 Å². The molecular formula is C11H17NOS. The maximum Gasteiger partial charge on any atom is 0.0667 e. The third-order valence-electron chi connectivity index (χ3n) is 2.67. The molecule has 0 radical (unpaired) electrons. The molecule has 1 aromatic rings. The van der Waals surface area contributed by atoms with Crippen molar-refractivity contribution < 1.29 is 5.11 Å². The second-order valence-corrected chi connectivity index (χ2v) is 5.21. The van der Waals surface area contributed by atoms with Crippen LogP contribution in [0.2, 0.25) is 0 Å². The smallest absolute Gasteiger partial charge is 0.0667 e. The fourth-order valence-corrected chi connectivity index (χ4v) is 2.71. The summed E-state index contributed by atoms with van der Waals surface area (Å²) in [5, 5.41) is 11.7. The number of aliphatic hydroxyl groups excluding tert-OH is 1. The molecule has 0 bridgehead atoms. The standard InChI is InChI=1S/C11H17NOS/c1-9-5-10(8-14-9)6-12-4-2-3-11(13)7-12/h5,8,11,13H,2-4,6-7H2,1H3/t11-/m0/s1. The molecule has 0 unspecified atom stereocenters. The molecule has 1 N–H and O–H groups in total. The molecule has 0 spiro atoms. The number of rotatable bonds is 2. The number of β-amino-alcohol motifs (C(OH)–C–C–N with tert-alkyl or cyclic N) is 1. The molecule has 0 saturated carbocycles. The van der Waals surface area contributed by atoms with Crippen LogP contribution in [0, 0.1) is 6.92 Å². The van der Waals surface area contributed by atoms with Crippen LogP contribution < -0.4 is 0 Å². The van der Waals surface area contributed by atoms with E-state index in [1.807, 2.05) is 0 Å². The lowest BCUT2D eigenvalue weighted by Gasteiger charge is -2.29. The highest BCUT2D eigenvalue weighted by atomic mass is 32.1. The number of aryl methyl sites for hydroxylation is 1. The van der Waals surface area contributed by atoms with E-state index in [9.17, 15) is 5.11 Å². The van der Waals surface area contributed by atoms with Crippen LogP contribution in [0.1, 0.15) is 23.3 Å². The zero-order chi connectivity index (χ0) is 9.97. The summed E-state index contributed by atoms with van der Waals surface area (Å²) in [7, 11) is 0. The normalized spacial score (nSPS) is 24.0. The monoisotopic (exact) mass is 211 g/mol. The summed E-state index contributed by atoms with van der Waals surface area (Å²) in [6.45, 7) is 5.11. The summed E-state index contributed by atoms with van der Waals surface area (Å²) >= 11 is 1.80. The molecule has 0 aromatic carbocycles. The van der Waals surface area contributed by atoms with Gasteiger partial charge in [-0.3, -0.25) is 4.90 Å². The van der Waals surface area contributed by atoms with Crippen molar-refractivity contribution in [1.82, 2.24) is 4.90 Å². The molecule has 1 aromatic heterocycles. The Kier molecular flexibility index (Phi) is 3.21. The molecule has 14 heavy (non-hydrogen) atoms. The van der Waals surface area contributed by atoms with E-state index >= 15 is 0 Å². The fraction of sp³-hybridized carbons (Fsp3) is 0.636. The Balaban J connectivity index is 1.90. The highest BCUT2D eigenvalue weighted by Gasteiger charge is 2.17. The van der Waals surface area contributed by atoms with E-state index < -0.39 is 0 Å². The lowest BCUT2D eigenvalue weighted by Crippen LogP contribution is -2.37. The first-order chi connectivity index (χ1) is 6.74. The predicted molar refractivity (Wildman–Crippen MR) is 59.6 cm³/mol. The van der Waals surface area contributed by atoms with E-state index in [1.54, 1.807) is 11.3 Å². The van der Waals surface area contributed by atoms with Gasteiger partial charge in [-0.2, -0.15) is 0 Å². The van der Waals surface area contributed by atoms with Crippen LogP contribution in [0.15, 0.2) is 11.4 Å². The Labute approximate surface area is 89.2 Å². The quantitative estimate of drug-likeness (QED) is 0.809. The van der Waals surface area contributed by atoms with Gasteiger partial charge in [-0.1, -0.05) is 0 Å². The molecule has 1 saturated heterocycles. The molecular weight excluding hydrogens is 194 g/mol. The van der Waals surface area contributed by atoms with Crippen LogP contribution in [-0.2, 0) is 6.54 Å². The molecule has 2 rings (SSSR count). The van der Waals surface area contributed by atoms with Crippen molar-refractivity contribution in [2.45, 2.75) is 32.4 Å². The van der Waals surface area contributed by atoms with Gasteiger partial charge in [0.15, 0.2) is 0 Å². The van der Waals surface area contributed by atoms with Gasteiger partial charge >= 0.3 is 0 Å². The second kappa shape index (κ2) is 4.43. The van der Waals surface area contributed by atoms with Gasteiger partial charge in [-0.25, -0.2) is 0 Å². The SMILES string of the molecule is Cc1cc(CN2CCC[C@H](O)C2)cs1. The number of piperidine rings is 1. The van der Waals surface area contributed by atoms with Crippen molar-refractivity contribution in [3.05, 3.63) is 21.9 Å². The molecule has 1 aliphatic rings. The average Bonchev–Trinajstić information content (AvgIpc) is 2.51. The minimum atomic E-state index is -0.108. The highest BCUT2D eigenvalue weighted by Crippen LogP contribution is 2.17. The highest BCUT2D eigenvalue weighted by molar-refractivity contribution is 7.10. The lowest BCUT2D eigenvalue weighted by molar-refractivity contribution is 0.0669. The van der Waals surface area contributed by atoms with Crippen molar-refractivity contribution in [2.75, 3.05) is 13.1 Å². The predicted octanol–water partition coefficient (Wildman–Crippen LogP) is 2.01. The molecule has 1 aliphatic heterocycles. The maximum absolute atomic E-state index is 9.52. The van der Waals surface area contributed by atoms with Crippen LogP contribution in [0.25, 0.3) is 0 Å². The zero-order valence-corrected chi connectivity index (χ0v) is 9.39. The third-order valence-corrected chi connectivity index (χ3v) is 3.58. The lowest BCUT2D eigenvalue weighted by atomic mass is 10.1. The van der Waals surface area contributed by atoms with Crippen molar-refractivity contribution in [3.63, 3.8) is 0 Å². The molecule has 0 amide bonds. The largest absolute Gasteiger partial charge is 0.392 e. The Morgan fingerprint density at radius 3 is 3.14 bits per heavy atom. The molecule has 2 nitrogen and oxygen atoms in total. The summed E-state index contributed by atoms with van der Waals surface area (Å²) in [4.78, 5) is 3.72. The van der Waals surface area contributed by atoms with Crippen molar-refractivity contribution >= 4 is 11.3 Å². The first-order valence-corrected chi connectivity index (χ1v) is 6.06. The molecule has 1 atom stereocenters. The van der Waals surface area contributed by atoms with Crippen molar-refractivity contribution in [1.29, 1.82) is 0 Å². The van der Waals surface area contributed by atoms with Gasteiger partial charge in [-0.05, 0) is 43.3 Å². The summed E-state index contributed by atoms with van der Waals surface area (Å²) in [6.07, 6.45) is 1.99. The maximum atomic E-state index is 9.52. The number of likely N-dealkylation sites (tertiary alicyclic amines) is 1. The van der Waals surface area contributed by atoms with Gasteiger partial charge in [0.1, 0.15) is 0 Å². The molecule has 3 heteroatoms. The minimum Gasteiger partial charge on any atom is -0.392 e. The van der Waals surface area contributed by atoms with Crippen molar-refractivity contribution in [3.8, 4) is 0 Å². The van der Waals surface area contributed by atoms with Crippen LogP contribution in [0.5, 0.6) is 0 Å². The number of aliphatic hydroxyl groups is 1. The summed E-state index contributed by atoms with van der Waals surface area (Å²) in [5.41, 5.74) is 1.39. The summed E-state index contributed by atoms with van der Waals surface area (Å²) in [6, 6.07) is 2.24. The van der Waals surface area contributed by atoms with Gasteiger partial charge in [-0.15, -0.1) is 11.3 Å². The third kappa shape index (κ3) is 2.56. The van der Waals surface area contributed by atoms with Gasteiger partial charge in [0.25, 0.3) is 0 Å². The Morgan fingerprint density at radius 1 is 1.64 bits per heavy atom. The summed E-state index contributed by atoms with van der Waals surface area (Å²) < 4.78 is 0. The Hall–Kier alpha value is -0.380. The summed E-state index contributed by atoms with van der Waals surface area (Å²) in [5.74, 6) is 0. The van der Waals surface area contributed by atoms with Crippen LogP contribution in [0.3, 0.4) is 0 Å². The van der Waals surface area contributed by atoms with E-state index in [2.05, 4.69) is 23.3 Å². The second-order valence-electron chi connectivity index (χ2n) is 4.10. The van der Waals surface area contributed by atoms with E-state index in [-0.39, 0.29) is 6.10 Å². The molecule has 2 heterocycles. The zero-order valence-electron chi connectivity index (χ0n) is 8.57. The van der Waals surface area contributed by atoms with E-state index in [0.29, 0.717) is 0 Å². The minimum absolute atomic E-state index is 0.108. The molecule has 0 aliphatic carbocycles. The first-order valence-electron chi connectivity index (χ1n) is 5.18. The van der Waals surface area contributed by atoms with Crippen LogP contribution >= 0.6 is 11.3 Å².